The van der Waals surface area contributed by atoms with E-state index in [4.69, 9.17) is 21.7 Å². The molecular weight excluding hydrogens is 725 g/mol. The van der Waals surface area contributed by atoms with Gasteiger partial charge in [0.1, 0.15) is 0 Å². The average molecular weight is 817 g/mol. The summed E-state index contributed by atoms with van der Waals surface area (Å²) in [6.07, 6.45) is 48.8. The summed E-state index contributed by atoms with van der Waals surface area (Å²) in [5.41, 5.74) is 3.61. The molecule has 2 aromatic carbocycles. The Labute approximate surface area is 366 Å². The highest BCUT2D eigenvalue weighted by atomic mass is 32.1. The van der Waals surface area contributed by atoms with Crippen LogP contribution in [0.3, 0.4) is 0 Å². The number of hydrogen-bond acceptors (Lipinski definition) is 3. The second-order valence-corrected chi connectivity index (χ2v) is 18.4. The standard InChI is InChI=1S/C55H92O2S/c1-5-7-9-11-13-15-17-19-21-23-25-27-29-34-46-56-53-44-40-51(41-45-55(58)52-42-38-50(39-43-52)37-33-31-32-36-49(3)4)48-54(53)57-47-35-30-28-26-24-22-20-18-16-14-12-10-8-6-2/h38-45,48-49H,5-37,46-47H2,1-4H3. The van der Waals surface area contributed by atoms with E-state index in [0.717, 1.165) is 65.9 Å². The lowest BCUT2D eigenvalue weighted by molar-refractivity contribution is 0.258. The molecule has 0 heterocycles. The second kappa shape index (κ2) is 37.8. The van der Waals surface area contributed by atoms with Crippen LogP contribution < -0.4 is 9.47 Å². The topological polar surface area (TPSA) is 18.5 Å². The number of hydrogen-bond donors (Lipinski definition) is 0. The molecule has 0 saturated heterocycles. The molecule has 0 amide bonds. The monoisotopic (exact) mass is 817 g/mol. The third-order valence-corrected chi connectivity index (χ3v) is 12.3. The maximum absolute atomic E-state index is 6.43. The summed E-state index contributed by atoms with van der Waals surface area (Å²) in [6.45, 7) is 10.7. The van der Waals surface area contributed by atoms with Crippen LogP contribution >= 0.6 is 12.2 Å². The highest BCUT2D eigenvalue weighted by molar-refractivity contribution is 7.81. The fourth-order valence-corrected chi connectivity index (χ4v) is 8.18. The first-order chi connectivity index (χ1) is 28.5. The third kappa shape index (κ3) is 29.2. The maximum Gasteiger partial charge on any atom is 0.161 e. The lowest BCUT2D eigenvalue weighted by Crippen LogP contribution is -2.03. The van der Waals surface area contributed by atoms with Crippen molar-refractivity contribution >= 4 is 23.2 Å². The molecule has 0 atom stereocenters. The Morgan fingerprint density at radius 2 is 0.897 bits per heavy atom. The van der Waals surface area contributed by atoms with Gasteiger partial charge in [-0.25, -0.2) is 0 Å². The fraction of sp³-hybridized carbons (Fsp3) is 0.727. The third-order valence-electron chi connectivity index (χ3n) is 11.9. The summed E-state index contributed by atoms with van der Waals surface area (Å²) in [6, 6.07) is 15.3. The van der Waals surface area contributed by atoms with Crippen molar-refractivity contribution in [3.05, 3.63) is 65.2 Å². The van der Waals surface area contributed by atoms with Crippen LogP contribution in [0.25, 0.3) is 6.08 Å². The minimum absolute atomic E-state index is 0.739. The van der Waals surface area contributed by atoms with Gasteiger partial charge in [-0.1, -0.05) is 263 Å². The van der Waals surface area contributed by atoms with Crippen LogP contribution in [-0.4, -0.2) is 18.1 Å². The first-order valence-corrected chi connectivity index (χ1v) is 25.6. The minimum atomic E-state index is 0.739. The zero-order valence-corrected chi connectivity index (χ0v) is 39.6. The second-order valence-electron chi connectivity index (χ2n) is 18.0. The van der Waals surface area contributed by atoms with E-state index < -0.39 is 0 Å². The van der Waals surface area contributed by atoms with E-state index >= 15 is 0 Å². The Bertz CT molecular complexity index is 1250. The molecule has 0 saturated carbocycles. The summed E-state index contributed by atoms with van der Waals surface area (Å²) >= 11 is 5.85. The van der Waals surface area contributed by atoms with E-state index in [1.807, 2.05) is 0 Å². The number of ether oxygens (including phenoxy) is 2. The van der Waals surface area contributed by atoms with Gasteiger partial charge in [0.25, 0.3) is 0 Å². The van der Waals surface area contributed by atoms with Crippen LogP contribution in [-0.2, 0) is 6.42 Å². The number of rotatable bonds is 41. The zero-order valence-electron chi connectivity index (χ0n) is 38.7. The highest BCUT2D eigenvalue weighted by Crippen LogP contribution is 2.30. The fourth-order valence-electron chi connectivity index (χ4n) is 7.98. The van der Waals surface area contributed by atoms with Crippen LogP contribution in [0.2, 0.25) is 0 Å². The lowest BCUT2D eigenvalue weighted by Gasteiger charge is -2.14. The van der Waals surface area contributed by atoms with Crippen molar-refractivity contribution in [2.45, 2.75) is 240 Å². The molecule has 330 valence electrons. The van der Waals surface area contributed by atoms with Crippen LogP contribution in [0.1, 0.15) is 250 Å². The number of aryl methyl sites for hydroxylation is 1. The molecule has 0 aliphatic carbocycles. The predicted octanol–water partition coefficient (Wildman–Crippen LogP) is 18.6. The average Bonchev–Trinajstić information content (AvgIpc) is 3.23. The van der Waals surface area contributed by atoms with Gasteiger partial charge < -0.3 is 9.47 Å². The predicted molar refractivity (Wildman–Crippen MR) is 262 cm³/mol. The Kier molecular flexibility index (Phi) is 33.9. The largest absolute Gasteiger partial charge is 0.490 e. The number of unbranched alkanes of at least 4 members (excludes halogenated alkanes) is 28. The quantitative estimate of drug-likeness (QED) is 0.0288. The Balaban J connectivity index is 1.76. The zero-order chi connectivity index (χ0) is 41.6. The highest BCUT2D eigenvalue weighted by Gasteiger charge is 2.08. The molecule has 2 nitrogen and oxygen atoms in total. The molecule has 0 N–H and O–H groups in total. The van der Waals surface area contributed by atoms with Crippen molar-refractivity contribution in [1.29, 1.82) is 0 Å². The molecule has 58 heavy (non-hydrogen) atoms. The Hall–Kier alpha value is -2.13. The van der Waals surface area contributed by atoms with E-state index in [1.54, 1.807) is 0 Å². The minimum Gasteiger partial charge on any atom is -0.490 e. The SMILES string of the molecule is CCCCCCCCCCCCCCCCOc1ccc(C=CC(=S)c2ccc(CCCCCC(C)C)cc2)cc1OCCCCCCCCCCCCCCCC. The molecule has 0 radical (unpaired) electrons. The summed E-state index contributed by atoms with van der Waals surface area (Å²) in [4.78, 5) is 0.867. The van der Waals surface area contributed by atoms with Crippen molar-refractivity contribution in [2.75, 3.05) is 13.2 Å². The number of benzene rings is 2. The van der Waals surface area contributed by atoms with Gasteiger partial charge in [-0.3, -0.25) is 0 Å². The van der Waals surface area contributed by atoms with Crippen LogP contribution in [0.5, 0.6) is 11.5 Å². The van der Waals surface area contributed by atoms with Crippen molar-refractivity contribution in [3.63, 3.8) is 0 Å². The van der Waals surface area contributed by atoms with Crippen LogP contribution in [0.4, 0.5) is 0 Å². The summed E-state index contributed by atoms with van der Waals surface area (Å²) in [7, 11) is 0. The summed E-state index contributed by atoms with van der Waals surface area (Å²) < 4.78 is 12.8. The Morgan fingerprint density at radius 3 is 1.34 bits per heavy atom. The molecule has 3 heteroatoms. The lowest BCUT2D eigenvalue weighted by atomic mass is 10.0. The first-order valence-electron chi connectivity index (χ1n) is 25.2. The van der Waals surface area contributed by atoms with Gasteiger partial charge in [0.15, 0.2) is 11.5 Å². The first kappa shape index (κ1) is 52.0. The molecule has 0 aliphatic heterocycles. The molecule has 0 spiro atoms. The summed E-state index contributed by atoms with van der Waals surface area (Å²) in [5, 5.41) is 0. The van der Waals surface area contributed by atoms with Gasteiger partial charge in [-0.05, 0) is 66.5 Å². The maximum atomic E-state index is 6.43. The molecular formula is C55H92O2S. The van der Waals surface area contributed by atoms with Crippen molar-refractivity contribution in [2.24, 2.45) is 5.92 Å². The van der Waals surface area contributed by atoms with Crippen LogP contribution in [0.15, 0.2) is 48.5 Å². The van der Waals surface area contributed by atoms with Crippen molar-refractivity contribution < 1.29 is 9.47 Å². The van der Waals surface area contributed by atoms with Crippen molar-refractivity contribution in [3.8, 4) is 11.5 Å². The van der Waals surface area contributed by atoms with Gasteiger partial charge in [-0.15, -0.1) is 0 Å². The smallest absolute Gasteiger partial charge is 0.161 e. The van der Waals surface area contributed by atoms with Gasteiger partial charge >= 0.3 is 0 Å². The van der Waals surface area contributed by atoms with Crippen molar-refractivity contribution in [1.82, 2.24) is 0 Å². The van der Waals surface area contributed by atoms with E-state index in [9.17, 15) is 0 Å². The van der Waals surface area contributed by atoms with Gasteiger partial charge in [-0.2, -0.15) is 0 Å². The van der Waals surface area contributed by atoms with Crippen LogP contribution in [0, 0.1) is 5.92 Å². The van der Waals surface area contributed by atoms with Gasteiger partial charge in [0.2, 0.25) is 0 Å². The van der Waals surface area contributed by atoms with E-state index in [1.165, 1.54) is 198 Å². The molecule has 0 aliphatic rings. The Morgan fingerprint density at radius 1 is 0.483 bits per heavy atom. The summed E-state index contributed by atoms with van der Waals surface area (Å²) in [5.74, 6) is 2.55. The van der Waals surface area contributed by atoms with Gasteiger partial charge in [0.05, 0.1) is 13.2 Å². The number of thiocarbonyl (C=S) groups is 1. The molecule has 0 bridgehead atoms. The molecule has 2 rings (SSSR count). The van der Waals surface area contributed by atoms with Gasteiger partial charge in [0, 0.05) is 4.86 Å². The molecule has 0 unspecified atom stereocenters. The molecule has 0 fully saturated rings. The van der Waals surface area contributed by atoms with E-state index in [0.29, 0.717) is 0 Å². The number of allylic oxidation sites excluding steroid dienone is 1. The normalized spacial score (nSPS) is 11.6. The molecule has 2 aromatic rings. The van der Waals surface area contributed by atoms with E-state index in [-0.39, 0.29) is 0 Å². The van der Waals surface area contributed by atoms with E-state index in [2.05, 4.69) is 82.3 Å². The molecule has 0 aromatic heterocycles.